The minimum absolute atomic E-state index is 0.0948. The van der Waals surface area contributed by atoms with Crippen molar-refractivity contribution in [3.05, 3.63) is 29.3 Å². The van der Waals surface area contributed by atoms with Gasteiger partial charge in [-0.15, -0.1) is 0 Å². The van der Waals surface area contributed by atoms with Gasteiger partial charge < -0.3 is 15.4 Å². The highest BCUT2D eigenvalue weighted by molar-refractivity contribution is 5.89. The van der Waals surface area contributed by atoms with E-state index < -0.39 is 17.8 Å². The number of carbonyl (C=O) groups is 1. The van der Waals surface area contributed by atoms with Crippen LogP contribution in [0.5, 0.6) is 0 Å². The van der Waals surface area contributed by atoms with Crippen molar-refractivity contribution in [3.63, 3.8) is 0 Å². The monoisotopic (exact) mass is 385 g/mol. The van der Waals surface area contributed by atoms with Crippen molar-refractivity contribution >= 4 is 11.7 Å². The largest absolute Gasteiger partial charge is 0.416 e. The topological polar surface area (TPSA) is 53.6 Å². The van der Waals surface area contributed by atoms with Gasteiger partial charge in [0.2, 0.25) is 0 Å². The summed E-state index contributed by atoms with van der Waals surface area (Å²) in [5.41, 5.74) is -0.0534. The smallest absolute Gasteiger partial charge is 0.379 e. The molecular weight excluding hydrogens is 359 g/mol. The molecule has 2 fully saturated rings. The normalized spacial score (nSPS) is 19.7. The van der Waals surface area contributed by atoms with Crippen molar-refractivity contribution in [1.82, 2.24) is 10.2 Å². The lowest BCUT2D eigenvalue weighted by Gasteiger charge is -2.27. The van der Waals surface area contributed by atoms with Crippen molar-refractivity contribution in [3.8, 4) is 0 Å². The van der Waals surface area contributed by atoms with E-state index in [4.69, 9.17) is 4.74 Å². The fraction of sp³-hybridized carbons (Fsp3) is 0.632. The number of ether oxygens (including phenoxy) is 1. The zero-order valence-corrected chi connectivity index (χ0v) is 15.3. The van der Waals surface area contributed by atoms with Crippen LogP contribution in [-0.2, 0) is 17.5 Å². The Balaban J connectivity index is 1.70. The number of nitrogens with zero attached hydrogens (tertiary/aromatic N) is 1. The van der Waals surface area contributed by atoms with Crippen LogP contribution in [0.25, 0.3) is 0 Å². The molecule has 3 rings (SSSR count). The quantitative estimate of drug-likeness (QED) is 0.824. The van der Waals surface area contributed by atoms with Crippen LogP contribution in [0.15, 0.2) is 18.2 Å². The Kier molecular flexibility index (Phi) is 6.59. The molecule has 0 unspecified atom stereocenters. The maximum atomic E-state index is 13.3. The van der Waals surface area contributed by atoms with Crippen LogP contribution in [-0.4, -0.2) is 43.3 Å². The van der Waals surface area contributed by atoms with Gasteiger partial charge in [-0.3, -0.25) is 4.90 Å². The summed E-state index contributed by atoms with van der Waals surface area (Å²) in [4.78, 5) is 14.3. The van der Waals surface area contributed by atoms with Gasteiger partial charge in [-0.2, -0.15) is 13.2 Å². The first kappa shape index (κ1) is 19.9. The molecule has 0 radical (unpaired) electrons. The predicted octanol–water partition coefficient (Wildman–Crippen LogP) is 3.99. The first-order chi connectivity index (χ1) is 12.9. The number of carbonyl (C=O) groups excluding carboxylic acids is 1. The zero-order valence-electron chi connectivity index (χ0n) is 15.3. The number of amides is 2. The van der Waals surface area contributed by atoms with E-state index in [2.05, 4.69) is 10.6 Å². The molecule has 2 aliphatic rings. The van der Waals surface area contributed by atoms with Crippen LogP contribution in [0.1, 0.15) is 43.2 Å². The number of alkyl halides is 3. The predicted molar refractivity (Wildman–Crippen MR) is 96.6 cm³/mol. The molecule has 27 heavy (non-hydrogen) atoms. The van der Waals surface area contributed by atoms with E-state index in [1.807, 2.05) is 4.90 Å². The van der Waals surface area contributed by atoms with Crippen molar-refractivity contribution in [2.24, 2.45) is 0 Å². The lowest BCUT2D eigenvalue weighted by molar-refractivity contribution is -0.137. The highest BCUT2D eigenvalue weighted by Gasteiger charge is 2.31. The summed E-state index contributed by atoms with van der Waals surface area (Å²) in [6, 6.07) is 3.41. The molecule has 0 aromatic heterocycles. The second kappa shape index (κ2) is 8.93. The van der Waals surface area contributed by atoms with E-state index in [1.165, 1.54) is 6.42 Å². The maximum Gasteiger partial charge on any atom is 0.416 e. The van der Waals surface area contributed by atoms with E-state index >= 15 is 0 Å². The number of hydrogen-bond donors (Lipinski definition) is 2. The van der Waals surface area contributed by atoms with Crippen molar-refractivity contribution in [2.75, 3.05) is 31.6 Å². The van der Waals surface area contributed by atoms with E-state index in [0.717, 1.165) is 37.8 Å². The van der Waals surface area contributed by atoms with Crippen LogP contribution >= 0.6 is 0 Å². The van der Waals surface area contributed by atoms with Gasteiger partial charge in [-0.05, 0) is 36.6 Å². The summed E-state index contributed by atoms with van der Waals surface area (Å²) in [5.74, 6) is 0. The molecule has 150 valence electrons. The summed E-state index contributed by atoms with van der Waals surface area (Å²) in [6.45, 7) is 2.91. The molecule has 0 bridgehead atoms. The number of nitrogens with one attached hydrogen (secondary N) is 2. The average Bonchev–Trinajstić information content (AvgIpc) is 2.62. The second-order valence-corrected chi connectivity index (χ2v) is 7.24. The van der Waals surface area contributed by atoms with Crippen LogP contribution in [0.2, 0.25) is 0 Å². The molecular formula is C19H26F3N3O2. The molecule has 2 N–H and O–H groups in total. The molecule has 5 nitrogen and oxygen atoms in total. The van der Waals surface area contributed by atoms with E-state index in [0.29, 0.717) is 38.4 Å². The van der Waals surface area contributed by atoms with E-state index in [9.17, 15) is 18.0 Å². The SMILES string of the molecule is O=C(Nc1cc(CN2CCOCC2)cc(C(F)(F)F)c1)NC1CCCCC1. The number of halogens is 3. The van der Waals surface area contributed by atoms with Crippen molar-refractivity contribution in [2.45, 2.75) is 50.9 Å². The third-order valence-electron chi connectivity index (χ3n) is 5.03. The fourth-order valence-electron chi connectivity index (χ4n) is 3.64. The van der Waals surface area contributed by atoms with Gasteiger partial charge in [0, 0.05) is 31.4 Å². The molecule has 1 aromatic rings. The number of urea groups is 1. The molecule has 1 aliphatic carbocycles. The van der Waals surface area contributed by atoms with Gasteiger partial charge >= 0.3 is 12.2 Å². The number of morpholine rings is 1. The summed E-state index contributed by atoms with van der Waals surface area (Å²) in [5, 5.41) is 5.45. The third kappa shape index (κ3) is 6.10. The molecule has 1 saturated heterocycles. The lowest BCUT2D eigenvalue weighted by Crippen LogP contribution is -2.39. The Hall–Kier alpha value is -1.80. The molecule has 0 spiro atoms. The maximum absolute atomic E-state index is 13.3. The first-order valence-corrected chi connectivity index (χ1v) is 9.49. The Morgan fingerprint density at radius 3 is 2.48 bits per heavy atom. The van der Waals surface area contributed by atoms with Gasteiger partial charge in [0.1, 0.15) is 0 Å². The van der Waals surface area contributed by atoms with Crippen LogP contribution < -0.4 is 10.6 Å². The minimum Gasteiger partial charge on any atom is -0.379 e. The Morgan fingerprint density at radius 1 is 1.11 bits per heavy atom. The summed E-state index contributed by atoms with van der Waals surface area (Å²) < 4.78 is 45.1. The molecule has 1 aliphatic heterocycles. The number of hydrogen-bond acceptors (Lipinski definition) is 3. The minimum atomic E-state index is -4.46. The summed E-state index contributed by atoms with van der Waals surface area (Å²) in [6.07, 6.45) is 0.669. The van der Waals surface area contributed by atoms with Gasteiger partial charge in [0.05, 0.1) is 18.8 Å². The zero-order chi connectivity index (χ0) is 19.3. The fourth-order valence-corrected chi connectivity index (χ4v) is 3.64. The second-order valence-electron chi connectivity index (χ2n) is 7.24. The highest BCUT2D eigenvalue weighted by Crippen LogP contribution is 2.32. The van der Waals surface area contributed by atoms with Gasteiger partial charge in [-0.1, -0.05) is 19.3 Å². The Morgan fingerprint density at radius 2 is 1.81 bits per heavy atom. The first-order valence-electron chi connectivity index (χ1n) is 9.49. The van der Waals surface area contributed by atoms with Gasteiger partial charge in [-0.25, -0.2) is 4.79 Å². The summed E-state index contributed by atoms with van der Waals surface area (Å²) in [7, 11) is 0. The molecule has 2 amide bonds. The Bertz CT molecular complexity index is 640. The highest BCUT2D eigenvalue weighted by atomic mass is 19.4. The molecule has 8 heteroatoms. The average molecular weight is 385 g/mol. The number of rotatable bonds is 4. The van der Waals surface area contributed by atoms with Gasteiger partial charge in [0.15, 0.2) is 0 Å². The lowest BCUT2D eigenvalue weighted by atomic mass is 9.96. The third-order valence-corrected chi connectivity index (χ3v) is 5.03. The van der Waals surface area contributed by atoms with Crippen LogP contribution in [0.4, 0.5) is 23.7 Å². The standard InChI is InChI=1S/C19H26F3N3O2/c20-19(21,22)15-10-14(13-25-6-8-27-9-7-25)11-17(12-15)24-18(26)23-16-4-2-1-3-5-16/h10-12,16H,1-9,13H2,(H2,23,24,26). The van der Waals surface area contributed by atoms with Crippen molar-refractivity contribution in [1.29, 1.82) is 0 Å². The van der Waals surface area contributed by atoms with Crippen LogP contribution in [0.3, 0.4) is 0 Å². The van der Waals surface area contributed by atoms with Gasteiger partial charge in [0.25, 0.3) is 0 Å². The number of anilines is 1. The molecule has 1 aromatic carbocycles. The van der Waals surface area contributed by atoms with E-state index in [1.54, 1.807) is 6.07 Å². The van der Waals surface area contributed by atoms with Crippen molar-refractivity contribution < 1.29 is 22.7 Å². The molecule has 1 saturated carbocycles. The molecule has 1 heterocycles. The Labute approximate surface area is 157 Å². The van der Waals surface area contributed by atoms with E-state index in [-0.39, 0.29) is 11.7 Å². The van der Waals surface area contributed by atoms with Crippen LogP contribution in [0, 0.1) is 0 Å². The molecule has 0 atom stereocenters. The summed E-state index contributed by atoms with van der Waals surface area (Å²) >= 11 is 0. The number of benzene rings is 1.